The average molecular weight is 439 g/mol. The third-order valence-electron chi connectivity index (χ3n) is 10.4. The number of aliphatic hydroxyl groups excluding tert-OH is 1. The van der Waals surface area contributed by atoms with E-state index in [0.29, 0.717) is 25.2 Å². The van der Waals surface area contributed by atoms with Gasteiger partial charge >= 0.3 is 5.97 Å². The van der Waals surface area contributed by atoms with Gasteiger partial charge in [-0.3, -0.25) is 9.59 Å². The second kappa shape index (κ2) is 6.59. The van der Waals surface area contributed by atoms with Crippen molar-refractivity contribution in [3.8, 4) is 0 Å². The molecule has 3 saturated carbocycles. The molecule has 2 heterocycles. The van der Waals surface area contributed by atoms with Crippen LogP contribution in [0.4, 0.5) is 0 Å². The first-order valence-corrected chi connectivity index (χ1v) is 12.4. The van der Waals surface area contributed by atoms with Gasteiger partial charge in [0.2, 0.25) is 0 Å². The molecule has 1 N–H and O–H groups in total. The lowest BCUT2D eigenvalue weighted by Crippen LogP contribution is -2.61. The largest absolute Gasteiger partial charge is 0.466 e. The predicted octanol–water partition coefficient (Wildman–Crippen LogP) is 4.86. The van der Waals surface area contributed by atoms with Crippen LogP contribution >= 0.6 is 0 Å². The van der Waals surface area contributed by atoms with Crippen molar-refractivity contribution in [3.63, 3.8) is 0 Å². The molecule has 5 nitrogen and oxygen atoms in total. The highest BCUT2D eigenvalue weighted by atomic mass is 16.6. The lowest BCUT2D eigenvalue weighted by atomic mass is 9.43. The first kappa shape index (κ1) is 20.7. The zero-order valence-corrected chi connectivity index (χ0v) is 19.4. The van der Waals surface area contributed by atoms with Gasteiger partial charge in [0, 0.05) is 24.2 Å². The van der Waals surface area contributed by atoms with E-state index >= 15 is 0 Å². The molecule has 32 heavy (non-hydrogen) atoms. The fraction of sp³-hybridized carbons (Fsp3) is 0.704. The summed E-state index contributed by atoms with van der Waals surface area (Å²) in [6, 6.07) is 4.11. The van der Waals surface area contributed by atoms with Crippen LogP contribution in [0.3, 0.4) is 0 Å². The maximum atomic E-state index is 12.4. The second-order valence-electron chi connectivity index (χ2n) is 11.7. The van der Waals surface area contributed by atoms with E-state index in [4.69, 9.17) is 9.15 Å². The summed E-state index contributed by atoms with van der Waals surface area (Å²) < 4.78 is 12.3. The summed E-state index contributed by atoms with van der Waals surface area (Å²) in [7, 11) is 0. The van der Waals surface area contributed by atoms with Gasteiger partial charge in [-0.15, -0.1) is 0 Å². The molecule has 0 radical (unpaired) electrons. The number of carbonyl (C=O) groups excluding carboxylic acids is 2. The van der Waals surface area contributed by atoms with Crippen molar-refractivity contribution in [3.05, 3.63) is 35.3 Å². The summed E-state index contributed by atoms with van der Waals surface area (Å²) in [5, 5.41) is 11.8. The Morgan fingerprint density at radius 3 is 2.59 bits per heavy atom. The molecule has 4 aliphatic carbocycles. The molecule has 1 aliphatic heterocycles. The number of esters is 1. The molecule has 1 saturated heterocycles. The smallest absolute Gasteiger partial charge is 0.306 e. The molecule has 8 atom stereocenters. The Labute approximate surface area is 189 Å². The first-order chi connectivity index (χ1) is 15.2. The van der Waals surface area contributed by atoms with Gasteiger partial charge in [0.25, 0.3) is 0 Å². The van der Waals surface area contributed by atoms with E-state index in [9.17, 15) is 14.7 Å². The highest BCUT2D eigenvalue weighted by Gasteiger charge is 2.70. The van der Waals surface area contributed by atoms with Crippen molar-refractivity contribution in [1.29, 1.82) is 0 Å². The first-order valence-electron chi connectivity index (χ1n) is 12.4. The van der Waals surface area contributed by atoms with Crippen LogP contribution in [0.15, 0.2) is 28.2 Å². The maximum Gasteiger partial charge on any atom is 0.306 e. The number of ketones is 1. The standard InChI is InChI=1S/C27H34O5/c1-15-4-5-21(31-15)18-13-16-12-17(28)6-9-25(16,2)24-20(29)14-26(3)19(23(18)24)7-10-27(26)11-8-22(30)32-27/h4-5,12,18-20,23-24,29H,6-11,13-14H2,1-3H3/t18-,19-,20+,23-,24?,25-,26-,27?/m0/s1. The molecule has 0 bridgehead atoms. The topological polar surface area (TPSA) is 76.7 Å². The maximum absolute atomic E-state index is 12.4. The Kier molecular flexibility index (Phi) is 4.26. The van der Waals surface area contributed by atoms with Gasteiger partial charge in [-0.25, -0.2) is 0 Å². The summed E-state index contributed by atoms with van der Waals surface area (Å²) >= 11 is 0. The number of rotatable bonds is 1. The predicted molar refractivity (Wildman–Crippen MR) is 118 cm³/mol. The fourth-order valence-electron chi connectivity index (χ4n) is 8.90. The van der Waals surface area contributed by atoms with Crippen molar-refractivity contribution in [2.75, 3.05) is 0 Å². The van der Waals surface area contributed by atoms with E-state index in [1.807, 2.05) is 19.1 Å². The molecule has 0 aromatic carbocycles. The fourth-order valence-corrected chi connectivity index (χ4v) is 8.90. The van der Waals surface area contributed by atoms with Crippen LogP contribution in [-0.2, 0) is 14.3 Å². The number of aliphatic hydroxyl groups is 1. The van der Waals surface area contributed by atoms with Crippen molar-refractivity contribution in [2.45, 2.75) is 89.8 Å². The van der Waals surface area contributed by atoms with E-state index in [0.717, 1.165) is 43.6 Å². The van der Waals surface area contributed by atoms with Crippen LogP contribution in [0.2, 0.25) is 0 Å². The number of hydrogen-bond acceptors (Lipinski definition) is 5. The molecule has 4 fully saturated rings. The third kappa shape index (κ3) is 2.55. The number of carbonyl (C=O) groups is 2. The quantitative estimate of drug-likeness (QED) is 0.634. The molecule has 6 rings (SSSR count). The molecule has 1 spiro atoms. The van der Waals surface area contributed by atoms with Gasteiger partial charge in [0.1, 0.15) is 17.1 Å². The molecule has 5 aliphatic rings. The molecular formula is C27H34O5. The van der Waals surface area contributed by atoms with Crippen LogP contribution in [-0.4, -0.2) is 28.6 Å². The summed E-state index contributed by atoms with van der Waals surface area (Å²) in [6.45, 7) is 6.52. The highest BCUT2D eigenvalue weighted by molar-refractivity contribution is 5.91. The molecular weight excluding hydrogens is 404 g/mol. The Morgan fingerprint density at radius 1 is 1.09 bits per heavy atom. The van der Waals surface area contributed by atoms with E-state index in [-0.39, 0.29) is 40.3 Å². The van der Waals surface area contributed by atoms with Gasteiger partial charge in [0.05, 0.1) is 6.10 Å². The zero-order chi connectivity index (χ0) is 22.5. The number of ether oxygens (including phenoxy) is 1. The van der Waals surface area contributed by atoms with Crippen LogP contribution in [0.25, 0.3) is 0 Å². The lowest BCUT2D eigenvalue weighted by molar-refractivity contribution is -0.188. The Bertz CT molecular complexity index is 1020. The minimum absolute atomic E-state index is 0.0799. The lowest BCUT2D eigenvalue weighted by Gasteiger charge is -2.62. The van der Waals surface area contributed by atoms with Crippen LogP contribution in [0, 0.1) is 35.5 Å². The molecule has 0 amide bonds. The van der Waals surface area contributed by atoms with E-state index in [1.54, 1.807) is 0 Å². The number of hydrogen-bond donors (Lipinski definition) is 1. The van der Waals surface area contributed by atoms with E-state index in [1.165, 1.54) is 5.57 Å². The molecule has 1 aromatic rings. The minimum Gasteiger partial charge on any atom is -0.466 e. The zero-order valence-electron chi connectivity index (χ0n) is 19.4. The Morgan fingerprint density at radius 2 is 1.91 bits per heavy atom. The Hall–Kier alpha value is -1.88. The summed E-state index contributed by atoms with van der Waals surface area (Å²) in [5.41, 5.74) is 0.349. The van der Waals surface area contributed by atoms with Gasteiger partial charge in [-0.05, 0) is 86.8 Å². The summed E-state index contributed by atoms with van der Waals surface area (Å²) in [6.07, 6.45) is 7.38. The summed E-state index contributed by atoms with van der Waals surface area (Å²) in [4.78, 5) is 24.6. The number of aryl methyl sites for hydroxylation is 1. The SMILES string of the molecule is Cc1ccc([C@@H]2CC3=CC(=O)CC[C@]3(C)C3[C@@H]2[C@@H]2CCC4(CCC(=O)O4)[C@@]2(C)C[C@H]3O)o1. The average Bonchev–Trinajstić information content (AvgIpc) is 3.40. The van der Waals surface area contributed by atoms with Crippen LogP contribution in [0.5, 0.6) is 0 Å². The number of fused-ring (bicyclic) bond motifs is 6. The van der Waals surface area contributed by atoms with E-state index in [2.05, 4.69) is 19.9 Å². The second-order valence-corrected chi connectivity index (χ2v) is 11.7. The van der Waals surface area contributed by atoms with Crippen molar-refractivity contribution in [2.24, 2.45) is 28.6 Å². The Balaban J connectivity index is 1.50. The highest BCUT2D eigenvalue weighted by Crippen LogP contribution is 2.71. The monoisotopic (exact) mass is 438 g/mol. The van der Waals surface area contributed by atoms with Crippen LogP contribution < -0.4 is 0 Å². The van der Waals surface area contributed by atoms with Crippen molar-refractivity contribution < 1.29 is 23.8 Å². The normalized spacial score (nSPS) is 47.6. The minimum atomic E-state index is -0.490. The van der Waals surface area contributed by atoms with E-state index < -0.39 is 11.7 Å². The number of furan rings is 1. The number of allylic oxidation sites excluding steroid dienone is 1. The van der Waals surface area contributed by atoms with Crippen molar-refractivity contribution >= 4 is 11.8 Å². The summed E-state index contributed by atoms with van der Waals surface area (Å²) in [5.74, 6) is 2.79. The molecule has 172 valence electrons. The molecule has 1 aromatic heterocycles. The molecule has 5 heteroatoms. The van der Waals surface area contributed by atoms with Crippen LogP contribution in [0.1, 0.15) is 82.7 Å². The third-order valence-corrected chi connectivity index (χ3v) is 10.4. The van der Waals surface area contributed by atoms with Gasteiger partial charge in [-0.2, -0.15) is 0 Å². The van der Waals surface area contributed by atoms with Crippen molar-refractivity contribution in [1.82, 2.24) is 0 Å². The van der Waals surface area contributed by atoms with Gasteiger partial charge in [-0.1, -0.05) is 19.4 Å². The van der Waals surface area contributed by atoms with Gasteiger partial charge in [0.15, 0.2) is 5.78 Å². The van der Waals surface area contributed by atoms with Gasteiger partial charge < -0.3 is 14.3 Å². The molecule has 2 unspecified atom stereocenters.